The lowest BCUT2D eigenvalue weighted by molar-refractivity contribution is -0.141. The normalized spacial score (nSPS) is 17.6. The Morgan fingerprint density at radius 3 is 2.79 bits per heavy atom. The second-order valence-electron chi connectivity index (χ2n) is 6.84. The fourth-order valence-electron chi connectivity index (χ4n) is 3.18. The number of benzene rings is 1. The first kappa shape index (κ1) is 16.4. The van der Waals surface area contributed by atoms with Gasteiger partial charge in [-0.1, -0.05) is 13.8 Å². The Morgan fingerprint density at radius 1 is 1.33 bits per heavy atom. The maximum Gasteiger partial charge on any atom is 0.321 e. The van der Waals surface area contributed by atoms with Gasteiger partial charge in [-0.05, 0) is 36.6 Å². The highest BCUT2D eigenvalue weighted by molar-refractivity contribution is 5.93. The zero-order chi connectivity index (χ0) is 17.3. The summed E-state index contributed by atoms with van der Waals surface area (Å²) in [6.07, 6.45) is 2.58. The van der Waals surface area contributed by atoms with Crippen LogP contribution in [0.3, 0.4) is 0 Å². The second-order valence-corrected chi connectivity index (χ2v) is 6.84. The maximum absolute atomic E-state index is 12.3. The number of hydrogen-bond donors (Lipinski definition) is 2. The smallest absolute Gasteiger partial charge is 0.321 e. The third-order valence-corrected chi connectivity index (χ3v) is 4.41. The van der Waals surface area contributed by atoms with Gasteiger partial charge in [0.05, 0.1) is 5.92 Å². The summed E-state index contributed by atoms with van der Waals surface area (Å²) in [6, 6.07) is 7.66. The van der Waals surface area contributed by atoms with Crippen LogP contribution < -0.4 is 5.32 Å². The number of likely N-dealkylation sites (tertiary alicyclic amines) is 1. The highest BCUT2D eigenvalue weighted by Gasteiger charge is 2.30. The van der Waals surface area contributed by atoms with Gasteiger partial charge < -0.3 is 19.9 Å². The van der Waals surface area contributed by atoms with Crippen molar-refractivity contribution >= 4 is 28.6 Å². The monoisotopic (exact) mass is 329 g/mol. The summed E-state index contributed by atoms with van der Waals surface area (Å²) >= 11 is 0. The van der Waals surface area contributed by atoms with Crippen LogP contribution in [0.15, 0.2) is 30.5 Å². The number of urea groups is 1. The Bertz CT molecular complexity index is 766. The quantitative estimate of drug-likeness (QED) is 0.904. The number of nitrogens with one attached hydrogen (secondary N) is 1. The van der Waals surface area contributed by atoms with Gasteiger partial charge in [0.2, 0.25) is 0 Å². The number of carbonyl (C=O) groups excluding carboxylic acids is 1. The molecule has 2 amide bonds. The standard InChI is InChI=1S/C18H23N3O3/c1-12(2)10-20-7-5-13-9-15(3-4-16(13)20)19-18(24)21-8-6-14(11-21)17(22)23/h3-5,7,9,12,14H,6,8,10-11H2,1-2H3,(H,19,24)(H,22,23). The molecule has 6 heteroatoms. The van der Waals surface area contributed by atoms with Gasteiger partial charge in [-0.25, -0.2) is 4.79 Å². The lowest BCUT2D eigenvalue weighted by Crippen LogP contribution is -2.33. The van der Waals surface area contributed by atoms with Gasteiger partial charge in [-0.2, -0.15) is 0 Å². The van der Waals surface area contributed by atoms with Crippen molar-refractivity contribution in [2.75, 3.05) is 18.4 Å². The van der Waals surface area contributed by atoms with Gasteiger partial charge >= 0.3 is 12.0 Å². The van der Waals surface area contributed by atoms with E-state index < -0.39 is 11.9 Å². The molecular weight excluding hydrogens is 306 g/mol. The minimum atomic E-state index is -0.835. The molecule has 0 radical (unpaired) electrons. The highest BCUT2D eigenvalue weighted by Crippen LogP contribution is 2.23. The molecule has 1 aromatic heterocycles. The van der Waals surface area contributed by atoms with Crippen molar-refractivity contribution in [1.29, 1.82) is 0 Å². The number of aromatic nitrogens is 1. The van der Waals surface area contributed by atoms with Gasteiger partial charge in [-0.3, -0.25) is 4.79 Å². The molecule has 24 heavy (non-hydrogen) atoms. The minimum absolute atomic E-state index is 0.236. The number of fused-ring (bicyclic) bond motifs is 1. The third kappa shape index (κ3) is 3.37. The van der Waals surface area contributed by atoms with Crippen LogP contribution in [0.2, 0.25) is 0 Å². The van der Waals surface area contributed by atoms with Gasteiger partial charge in [-0.15, -0.1) is 0 Å². The summed E-state index contributed by atoms with van der Waals surface area (Å²) in [5, 5.41) is 13.0. The van der Waals surface area contributed by atoms with Gasteiger partial charge in [0.25, 0.3) is 0 Å². The average Bonchev–Trinajstić information content (AvgIpc) is 3.14. The molecule has 2 aromatic rings. The molecule has 1 unspecified atom stereocenters. The SMILES string of the molecule is CC(C)Cn1ccc2cc(NC(=O)N3CCC(C(=O)O)C3)ccc21. The topological polar surface area (TPSA) is 74.6 Å². The first-order valence-corrected chi connectivity index (χ1v) is 8.31. The fourth-order valence-corrected chi connectivity index (χ4v) is 3.18. The maximum atomic E-state index is 12.3. The number of rotatable bonds is 4. The van der Waals surface area contributed by atoms with E-state index in [1.165, 1.54) is 0 Å². The van der Waals surface area contributed by atoms with E-state index >= 15 is 0 Å². The zero-order valence-corrected chi connectivity index (χ0v) is 14.0. The van der Waals surface area contributed by atoms with Crippen molar-refractivity contribution in [2.45, 2.75) is 26.8 Å². The third-order valence-electron chi connectivity index (χ3n) is 4.41. The molecule has 128 valence electrons. The molecule has 1 atom stereocenters. The summed E-state index contributed by atoms with van der Waals surface area (Å²) in [4.78, 5) is 24.8. The first-order chi connectivity index (χ1) is 11.4. The summed E-state index contributed by atoms with van der Waals surface area (Å²) in [5.41, 5.74) is 1.88. The van der Waals surface area contributed by atoms with Crippen LogP contribution in [0.5, 0.6) is 0 Å². The molecule has 1 aliphatic rings. The first-order valence-electron chi connectivity index (χ1n) is 8.31. The van der Waals surface area contributed by atoms with Crippen molar-refractivity contribution in [2.24, 2.45) is 11.8 Å². The van der Waals surface area contributed by atoms with E-state index in [4.69, 9.17) is 5.11 Å². The van der Waals surface area contributed by atoms with E-state index in [-0.39, 0.29) is 12.6 Å². The van der Waals surface area contributed by atoms with Gasteiger partial charge in [0.15, 0.2) is 0 Å². The molecule has 6 nitrogen and oxygen atoms in total. The van der Waals surface area contributed by atoms with Crippen LogP contribution in [0.4, 0.5) is 10.5 Å². The van der Waals surface area contributed by atoms with Crippen molar-refractivity contribution in [3.63, 3.8) is 0 Å². The Labute approximate surface area is 141 Å². The lowest BCUT2D eigenvalue weighted by atomic mass is 10.1. The fraction of sp³-hybridized carbons (Fsp3) is 0.444. The summed E-state index contributed by atoms with van der Waals surface area (Å²) in [7, 11) is 0. The predicted molar refractivity (Wildman–Crippen MR) is 93.1 cm³/mol. The summed E-state index contributed by atoms with van der Waals surface area (Å²) in [5.74, 6) is -0.723. The van der Waals surface area contributed by atoms with Crippen LogP contribution in [0.1, 0.15) is 20.3 Å². The summed E-state index contributed by atoms with van der Waals surface area (Å²) in [6.45, 7) is 6.07. The number of aliphatic carboxylic acids is 1. The van der Waals surface area contributed by atoms with Crippen LogP contribution in [-0.2, 0) is 11.3 Å². The number of hydrogen-bond acceptors (Lipinski definition) is 2. The Kier molecular flexibility index (Phi) is 4.46. The van der Waals surface area contributed by atoms with E-state index in [0.29, 0.717) is 18.9 Å². The molecular formula is C18H23N3O3. The zero-order valence-electron chi connectivity index (χ0n) is 14.0. The van der Waals surface area contributed by atoms with Crippen LogP contribution in [0.25, 0.3) is 10.9 Å². The number of nitrogens with zero attached hydrogens (tertiary/aromatic N) is 2. The summed E-state index contributed by atoms with van der Waals surface area (Å²) < 4.78 is 2.21. The van der Waals surface area contributed by atoms with E-state index in [1.807, 2.05) is 24.3 Å². The van der Waals surface area contributed by atoms with Gasteiger partial charge in [0.1, 0.15) is 0 Å². The van der Waals surface area contributed by atoms with Crippen LogP contribution in [0, 0.1) is 11.8 Å². The predicted octanol–water partition coefficient (Wildman–Crippen LogP) is 3.24. The lowest BCUT2D eigenvalue weighted by Gasteiger charge is -2.17. The average molecular weight is 329 g/mol. The number of carbonyl (C=O) groups is 2. The molecule has 3 rings (SSSR count). The molecule has 0 spiro atoms. The minimum Gasteiger partial charge on any atom is -0.481 e. The van der Waals surface area contributed by atoms with E-state index in [1.54, 1.807) is 4.90 Å². The number of amides is 2. The molecule has 1 saturated heterocycles. The molecule has 0 bridgehead atoms. The largest absolute Gasteiger partial charge is 0.481 e. The molecule has 0 saturated carbocycles. The molecule has 1 aromatic carbocycles. The second kappa shape index (κ2) is 6.55. The molecule has 0 aliphatic carbocycles. The molecule has 2 heterocycles. The van der Waals surface area contributed by atoms with Gasteiger partial charge in [0, 0.05) is 42.4 Å². The van der Waals surface area contributed by atoms with Crippen molar-refractivity contribution in [3.05, 3.63) is 30.5 Å². The van der Waals surface area contributed by atoms with E-state index in [9.17, 15) is 9.59 Å². The number of carboxylic acid groups (broad SMARTS) is 1. The van der Waals surface area contributed by atoms with Crippen LogP contribution in [-0.4, -0.2) is 39.7 Å². The van der Waals surface area contributed by atoms with Crippen LogP contribution >= 0.6 is 0 Å². The Balaban J connectivity index is 1.69. The molecule has 1 fully saturated rings. The van der Waals surface area contributed by atoms with Crippen molar-refractivity contribution < 1.29 is 14.7 Å². The number of carboxylic acids is 1. The Morgan fingerprint density at radius 2 is 2.12 bits per heavy atom. The molecule has 1 aliphatic heterocycles. The molecule has 2 N–H and O–H groups in total. The number of anilines is 1. The van der Waals surface area contributed by atoms with E-state index in [0.717, 1.165) is 23.1 Å². The highest BCUT2D eigenvalue weighted by atomic mass is 16.4. The Hall–Kier alpha value is -2.50. The van der Waals surface area contributed by atoms with Crippen molar-refractivity contribution in [1.82, 2.24) is 9.47 Å². The van der Waals surface area contributed by atoms with E-state index in [2.05, 4.69) is 29.9 Å². The van der Waals surface area contributed by atoms with Crippen molar-refractivity contribution in [3.8, 4) is 0 Å².